The minimum absolute atomic E-state index is 0.0358. The Balaban J connectivity index is 1.78. The number of hydrogen-bond donors (Lipinski definition) is 2. The number of aromatic nitrogens is 2. The standard InChI is InChI=1S/C14H18N4OS/c15-6-3-5-14-18-12(10-20-14)8-13(19)17-9-11-4-1-2-7-16-11/h1-2,4,7,10H,3,5-6,8-9,15H2,(H,17,19). The lowest BCUT2D eigenvalue weighted by Gasteiger charge is -2.03. The zero-order valence-corrected chi connectivity index (χ0v) is 12.0. The Bertz CT molecular complexity index is 541. The molecule has 0 atom stereocenters. The Kier molecular flexibility index (Phi) is 5.64. The molecule has 1 amide bonds. The van der Waals surface area contributed by atoms with Crippen LogP contribution in [0, 0.1) is 0 Å². The molecule has 2 aromatic heterocycles. The molecule has 2 aromatic rings. The van der Waals surface area contributed by atoms with Gasteiger partial charge < -0.3 is 11.1 Å². The molecule has 2 heterocycles. The number of carbonyl (C=O) groups excluding carboxylic acids is 1. The van der Waals surface area contributed by atoms with E-state index in [1.54, 1.807) is 17.5 Å². The van der Waals surface area contributed by atoms with Crippen molar-refractivity contribution in [1.29, 1.82) is 0 Å². The number of rotatable bonds is 7. The molecule has 0 spiro atoms. The Morgan fingerprint density at radius 3 is 3.00 bits per heavy atom. The number of aryl methyl sites for hydroxylation is 1. The second-order valence-electron chi connectivity index (χ2n) is 4.40. The van der Waals surface area contributed by atoms with Crippen LogP contribution in [0.25, 0.3) is 0 Å². The van der Waals surface area contributed by atoms with E-state index in [0.29, 0.717) is 19.5 Å². The van der Waals surface area contributed by atoms with Crippen molar-refractivity contribution in [3.05, 3.63) is 46.2 Å². The molecular formula is C14H18N4OS. The molecule has 0 saturated heterocycles. The second kappa shape index (κ2) is 7.72. The Morgan fingerprint density at radius 1 is 1.35 bits per heavy atom. The zero-order valence-electron chi connectivity index (χ0n) is 11.2. The van der Waals surface area contributed by atoms with Gasteiger partial charge in [0, 0.05) is 18.0 Å². The first-order chi connectivity index (χ1) is 9.78. The predicted octanol–water partition coefficient (Wildman–Crippen LogP) is 1.29. The van der Waals surface area contributed by atoms with Gasteiger partial charge >= 0.3 is 0 Å². The van der Waals surface area contributed by atoms with Crippen molar-refractivity contribution in [3.63, 3.8) is 0 Å². The summed E-state index contributed by atoms with van der Waals surface area (Å²) < 4.78 is 0. The van der Waals surface area contributed by atoms with E-state index >= 15 is 0 Å². The third-order valence-electron chi connectivity index (χ3n) is 2.73. The summed E-state index contributed by atoms with van der Waals surface area (Å²) >= 11 is 1.59. The van der Waals surface area contributed by atoms with Gasteiger partial charge in [-0.3, -0.25) is 9.78 Å². The molecule has 0 bridgehead atoms. The molecule has 0 aromatic carbocycles. The first kappa shape index (κ1) is 14.6. The van der Waals surface area contributed by atoms with Crippen LogP contribution in [0.15, 0.2) is 29.8 Å². The van der Waals surface area contributed by atoms with Crippen LogP contribution in [-0.4, -0.2) is 22.4 Å². The van der Waals surface area contributed by atoms with E-state index in [1.165, 1.54) is 0 Å². The van der Waals surface area contributed by atoms with Crippen LogP contribution in [0.2, 0.25) is 0 Å². The summed E-state index contributed by atoms with van der Waals surface area (Å²) in [7, 11) is 0. The van der Waals surface area contributed by atoms with E-state index in [-0.39, 0.29) is 5.91 Å². The van der Waals surface area contributed by atoms with Gasteiger partial charge in [0.25, 0.3) is 0 Å². The highest BCUT2D eigenvalue weighted by Crippen LogP contribution is 2.12. The van der Waals surface area contributed by atoms with E-state index in [1.807, 2.05) is 23.6 Å². The number of carbonyl (C=O) groups is 1. The average molecular weight is 290 g/mol. The maximum atomic E-state index is 11.8. The molecule has 0 aliphatic heterocycles. The van der Waals surface area contributed by atoms with Gasteiger partial charge in [-0.15, -0.1) is 11.3 Å². The van der Waals surface area contributed by atoms with Gasteiger partial charge in [-0.1, -0.05) is 6.07 Å². The van der Waals surface area contributed by atoms with Crippen LogP contribution in [0.3, 0.4) is 0 Å². The molecule has 2 rings (SSSR count). The molecule has 0 saturated carbocycles. The van der Waals surface area contributed by atoms with E-state index in [4.69, 9.17) is 5.73 Å². The summed E-state index contributed by atoms with van der Waals surface area (Å²) in [5.74, 6) is -0.0358. The highest BCUT2D eigenvalue weighted by molar-refractivity contribution is 7.09. The third-order valence-corrected chi connectivity index (χ3v) is 3.69. The highest BCUT2D eigenvalue weighted by atomic mass is 32.1. The molecule has 3 N–H and O–H groups in total. The molecule has 20 heavy (non-hydrogen) atoms. The number of nitrogens with one attached hydrogen (secondary N) is 1. The van der Waals surface area contributed by atoms with E-state index in [0.717, 1.165) is 29.2 Å². The maximum absolute atomic E-state index is 11.8. The van der Waals surface area contributed by atoms with Gasteiger partial charge in [-0.25, -0.2) is 4.98 Å². The fourth-order valence-electron chi connectivity index (χ4n) is 1.72. The monoisotopic (exact) mass is 290 g/mol. The SMILES string of the molecule is NCCCc1nc(CC(=O)NCc2ccccn2)cs1. The van der Waals surface area contributed by atoms with E-state index in [2.05, 4.69) is 15.3 Å². The van der Waals surface area contributed by atoms with Crippen molar-refractivity contribution < 1.29 is 4.79 Å². The molecule has 0 aliphatic carbocycles. The lowest BCUT2D eigenvalue weighted by atomic mass is 10.3. The molecule has 0 unspecified atom stereocenters. The third kappa shape index (κ3) is 4.71. The van der Waals surface area contributed by atoms with Crippen molar-refractivity contribution in [1.82, 2.24) is 15.3 Å². The maximum Gasteiger partial charge on any atom is 0.226 e. The summed E-state index contributed by atoms with van der Waals surface area (Å²) in [6.45, 7) is 1.11. The largest absolute Gasteiger partial charge is 0.350 e. The Hall–Kier alpha value is -1.79. The van der Waals surface area contributed by atoms with Crippen molar-refractivity contribution >= 4 is 17.2 Å². The van der Waals surface area contributed by atoms with E-state index < -0.39 is 0 Å². The molecule has 106 valence electrons. The Labute approximate surface area is 122 Å². The van der Waals surface area contributed by atoms with Crippen LogP contribution in [0.1, 0.15) is 22.8 Å². The fourth-order valence-corrected chi connectivity index (χ4v) is 2.56. The first-order valence-corrected chi connectivity index (χ1v) is 7.46. The van der Waals surface area contributed by atoms with Crippen LogP contribution < -0.4 is 11.1 Å². The van der Waals surface area contributed by atoms with Crippen molar-refractivity contribution in [2.75, 3.05) is 6.54 Å². The molecule has 0 aliphatic rings. The van der Waals surface area contributed by atoms with Crippen LogP contribution in [-0.2, 0) is 24.2 Å². The number of thiazole rings is 1. The zero-order chi connectivity index (χ0) is 14.2. The van der Waals surface area contributed by atoms with Gasteiger partial charge in [0.15, 0.2) is 0 Å². The first-order valence-electron chi connectivity index (χ1n) is 6.58. The molecule has 0 fully saturated rings. The minimum Gasteiger partial charge on any atom is -0.350 e. The summed E-state index contributed by atoms with van der Waals surface area (Å²) in [5.41, 5.74) is 7.14. The van der Waals surface area contributed by atoms with Crippen molar-refractivity contribution in [2.24, 2.45) is 5.73 Å². The fraction of sp³-hybridized carbons (Fsp3) is 0.357. The topological polar surface area (TPSA) is 80.9 Å². The van der Waals surface area contributed by atoms with Gasteiger partial charge in [-0.2, -0.15) is 0 Å². The minimum atomic E-state index is -0.0358. The second-order valence-corrected chi connectivity index (χ2v) is 5.34. The number of hydrogen-bond acceptors (Lipinski definition) is 5. The quantitative estimate of drug-likeness (QED) is 0.805. The van der Waals surface area contributed by atoms with Gasteiger partial charge in [0.1, 0.15) is 0 Å². The summed E-state index contributed by atoms with van der Waals surface area (Å²) in [4.78, 5) is 20.4. The van der Waals surface area contributed by atoms with Crippen LogP contribution >= 0.6 is 11.3 Å². The average Bonchev–Trinajstić information content (AvgIpc) is 2.91. The molecule has 6 heteroatoms. The summed E-state index contributed by atoms with van der Waals surface area (Å²) in [5, 5.41) is 5.82. The highest BCUT2D eigenvalue weighted by Gasteiger charge is 2.07. The van der Waals surface area contributed by atoms with E-state index in [9.17, 15) is 4.79 Å². The molecule has 5 nitrogen and oxygen atoms in total. The summed E-state index contributed by atoms with van der Waals surface area (Å²) in [6.07, 6.45) is 3.84. The molecule has 0 radical (unpaired) electrons. The number of amides is 1. The number of nitrogens with two attached hydrogens (primary N) is 1. The molecular weight excluding hydrogens is 272 g/mol. The lowest BCUT2D eigenvalue weighted by molar-refractivity contribution is -0.120. The van der Waals surface area contributed by atoms with Crippen LogP contribution in [0.4, 0.5) is 0 Å². The van der Waals surface area contributed by atoms with Crippen molar-refractivity contribution in [2.45, 2.75) is 25.8 Å². The van der Waals surface area contributed by atoms with Gasteiger partial charge in [0.2, 0.25) is 5.91 Å². The smallest absolute Gasteiger partial charge is 0.226 e. The van der Waals surface area contributed by atoms with Gasteiger partial charge in [-0.05, 0) is 25.1 Å². The Morgan fingerprint density at radius 2 is 2.25 bits per heavy atom. The normalized spacial score (nSPS) is 10.4. The number of nitrogens with zero attached hydrogens (tertiary/aromatic N) is 2. The van der Waals surface area contributed by atoms with Gasteiger partial charge in [0.05, 0.1) is 29.4 Å². The van der Waals surface area contributed by atoms with Crippen LogP contribution in [0.5, 0.6) is 0 Å². The predicted molar refractivity (Wildman–Crippen MR) is 79.3 cm³/mol. The lowest BCUT2D eigenvalue weighted by Crippen LogP contribution is -2.25. The summed E-state index contributed by atoms with van der Waals surface area (Å²) in [6, 6.07) is 5.64. The van der Waals surface area contributed by atoms with Crippen molar-refractivity contribution in [3.8, 4) is 0 Å². The number of pyridine rings is 1.